The van der Waals surface area contributed by atoms with E-state index in [2.05, 4.69) is 20.4 Å². The van der Waals surface area contributed by atoms with Crippen LogP contribution in [-0.4, -0.2) is 53.3 Å². The number of nitrogens with zero attached hydrogens (tertiary/aromatic N) is 2. The average molecular weight is 300 g/mol. The van der Waals surface area contributed by atoms with Crippen LogP contribution < -0.4 is 5.32 Å². The molecule has 0 aliphatic carbocycles. The summed E-state index contributed by atoms with van der Waals surface area (Å²) in [5.41, 5.74) is 1.82. The van der Waals surface area contributed by atoms with Crippen molar-refractivity contribution in [2.45, 2.75) is 18.9 Å². The summed E-state index contributed by atoms with van der Waals surface area (Å²) in [6.07, 6.45) is 3.94. The van der Waals surface area contributed by atoms with E-state index >= 15 is 0 Å². The second-order valence-corrected chi connectivity index (χ2v) is 6.16. The molecule has 2 saturated heterocycles. The van der Waals surface area contributed by atoms with E-state index in [9.17, 15) is 4.79 Å². The summed E-state index contributed by atoms with van der Waals surface area (Å²) in [5.74, 6) is 0.217. The molecule has 2 aromatic rings. The molecule has 1 amide bonds. The number of H-pyrrole nitrogens is 1. The summed E-state index contributed by atoms with van der Waals surface area (Å²) in [7, 11) is 0. The maximum atomic E-state index is 12.3. The number of likely N-dealkylation sites (tertiary alicyclic amines) is 1. The zero-order chi connectivity index (χ0) is 14.9. The molecule has 116 valence electrons. The topological polar surface area (TPSA) is 70.2 Å². The monoisotopic (exact) mass is 300 g/mol. The van der Waals surface area contributed by atoms with Crippen molar-refractivity contribution in [2.24, 2.45) is 5.92 Å². The number of aromatic nitrogens is 2. The highest BCUT2D eigenvalue weighted by Crippen LogP contribution is 2.25. The predicted molar refractivity (Wildman–Crippen MR) is 83.6 cm³/mol. The molecule has 3 heterocycles. The van der Waals surface area contributed by atoms with Crippen molar-refractivity contribution in [3.63, 3.8) is 0 Å². The molecule has 2 N–H and O–H groups in total. The van der Waals surface area contributed by atoms with Crippen molar-refractivity contribution in [1.29, 1.82) is 0 Å². The van der Waals surface area contributed by atoms with Crippen molar-refractivity contribution < 1.29 is 9.53 Å². The minimum Gasteiger partial charge on any atom is -0.381 e. The lowest BCUT2D eigenvalue weighted by molar-refractivity contribution is -0.127. The molecule has 2 fully saturated rings. The van der Waals surface area contributed by atoms with Gasteiger partial charge >= 0.3 is 0 Å². The highest BCUT2D eigenvalue weighted by atomic mass is 16.5. The van der Waals surface area contributed by atoms with E-state index in [4.69, 9.17) is 4.74 Å². The number of hydrogen-bond acceptors (Lipinski definition) is 4. The Kier molecular flexibility index (Phi) is 3.56. The number of benzene rings is 1. The lowest BCUT2D eigenvalue weighted by atomic mass is 9.93. The van der Waals surface area contributed by atoms with Gasteiger partial charge < -0.3 is 10.1 Å². The molecule has 0 atom stereocenters. The Bertz CT molecular complexity index is 672. The molecular weight excluding hydrogens is 280 g/mol. The van der Waals surface area contributed by atoms with Crippen molar-refractivity contribution in [2.75, 3.05) is 31.6 Å². The molecule has 2 aliphatic heterocycles. The predicted octanol–water partition coefficient (Wildman–Crippen LogP) is 1.61. The second kappa shape index (κ2) is 5.70. The van der Waals surface area contributed by atoms with E-state index in [1.807, 2.05) is 18.2 Å². The van der Waals surface area contributed by atoms with Crippen LogP contribution in [0.1, 0.15) is 12.8 Å². The minimum absolute atomic E-state index is 0.0999. The third kappa shape index (κ3) is 2.60. The molecule has 0 spiro atoms. The third-order valence-electron chi connectivity index (χ3n) is 4.70. The molecule has 0 saturated carbocycles. The first-order valence-corrected chi connectivity index (χ1v) is 7.85. The highest BCUT2D eigenvalue weighted by Gasteiger charge is 2.37. The Hall–Kier alpha value is -1.92. The number of aromatic amines is 1. The third-order valence-corrected chi connectivity index (χ3v) is 4.70. The SMILES string of the molecule is O=C(Nc1ccc2[nH]ncc2c1)C1CN(C2CCOCC2)C1. The van der Waals surface area contributed by atoms with Gasteiger partial charge in [0.25, 0.3) is 0 Å². The first-order valence-electron chi connectivity index (χ1n) is 7.85. The number of nitrogens with one attached hydrogen (secondary N) is 2. The quantitative estimate of drug-likeness (QED) is 0.903. The summed E-state index contributed by atoms with van der Waals surface area (Å²) in [5, 5.41) is 10.9. The van der Waals surface area contributed by atoms with Gasteiger partial charge in [0.15, 0.2) is 0 Å². The first kappa shape index (κ1) is 13.7. The Labute approximate surface area is 128 Å². The number of amides is 1. The molecule has 4 rings (SSSR count). The zero-order valence-electron chi connectivity index (χ0n) is 12.4. The maximum absolute atomic E-state index is 12.3. The van der Waals surface area contributed by atoms with Crippen LogP contribution in [0.2, 0.25) is 0 Å². The molecule has 6 nitrogen and oxygen atoms in total. The molecule has 1 aromatic carbocycles. The Morgan fingerprint density at radius 1 is 1.32 bits per heavy atom. The van der Waals surface area contributed by atoms with Gasteiger partial charge in [-0.05, 0) is 31.0 Å². The van der Waals surface area contributed by atoms with Crippen LogP contribution >= 0.6 is 0 Å². The Balaban J connectivity index is 1.33. The van der Waals surface area contributed by atoms with Gasteiger partial charge in [0, 0.05) is 43.4 Å². The number of anilines is 1. The average Bonchev–Trinajstić information content (AvgIpc) is 2.94. The van der Waals surface area contributed by atoms with Crippen LogP contribution in [0.3, 0.4) is 0 Å². The standard InChI is InChI=1S/C16H20N4O2/c21-16(12-9-20(10-12)14-3-5-22-6-4-14)18-13-1-2-15-11(7-13)8-17-19-15/h1-2,7-8,12,14H,3-6,9-10H2,(H,17,19)(H,18,21). The van der Waals surface area contributed by atoms with E-state index in [-0.39, 0.29) is 11.8 Å². The van der Waals surface area contributed by atoms with Crippen molar-refractivity contribution in [3.05, 3.63) is 24.4 Å². The van der Waals surface area contributed by atoms with Crippen molar-refractivity contribution in [3.8, 4) is 0 Å². The van der Waals surface area contributed by atoms with E-state index in [1.54, 1.807) is 6.20 Å². The number of fused-ring (bicyclic) bond motifs is 1. The Morgan fingerprint density at radius 3 is 2.95 bits per heavy atom. The Morgan fingerprint density at radius 2 is 2.14 bits per heavy atom. The van der Waals surface area contributed by atoms with Gasteiger partial charge in [-0.25, -0.2) is 0 Å². The smallest absolute Gasteiger partial charge is 0.230 e. The number of carbonyl (C=O) groups excluding carboxylic acids is 1. The zero-order valence-corrected chi connectivity index (χ0v) is 12.4. The van der Waals surface area contributed by atoms with Crippen LogP contribution in [0.5, 0.6) is 0 Å². The highest BCUT2D eigenvalue weighted by molar-refractivity contribution is 5.95. The second-order valence-electron chi connectivity index (χ2n) is 6.16. The van der Waals surface area contributed by atoms with Gasteiger partial charge in [-0.1, -0.05) is 0 Å². The summed E-state index contributed by atoms with van der Waals surface area (Å²) in [6.45, 7) is 3.43. The number of hydrogen-bond donors (Lipinski definition) is 2. The first-order chi connectivity index (χ1) is 10.8. The molecule has 0 bridgehead atoms. The van der Waals surface area contributed by atoms with Crippen LogP contribution in [-0.2, 0) is 9.53 Å². The molecule has 2 aliphatic rings. The molecular formula is C16H20N4O2. The number of ether oxygens (including phenoxy) is 1. The summed E-state index contributed by atoms with van der Waals surface area (Å²) in [6, 6.07) is 6.39. The van der Waals surface area contributed by atoms with Crippen molar-refractivity contribution in [1.82, 2.24) is 15.1 Å². The van der Waals surface area contributed by atoms with Gasteiger partial charge in [-0.2, -0.15) is 5.10 Å². The maximum Gasteiger partial charge on any atom is 0.230 e. The van der Waals surface area contributed by atoms with Crippen LogP contribution in [0.4, 0.5) is 5.69 Å². The lowest BCUT2D eigenvalue weighted by Gasteiger charge is -2.44. The van der Waals surface area contributed by atoms with Crippen molar-refractivity contribution >= 4 is 22.5 Å². The van der Waals surface area contributed by atoms with Gasteiger partial charge in [-0.3, -0.25) is 14.8 Å². The van der Waals surface area contributed by atoms with Crippen LogP contribution in [0, 0.1) is 5.92 Å². The fraction of sp³-hybridized carbons (Fsp3) is 0.500. The summed E-state index contributed by atoms with van der Waals surface area (Å²) < 4.78 is 5.39. The molecule has 0 unspecified atom stereocenters. The molecule has 0 radical (unpaired) electrons. The van der Waals surface area contributed by atoms with Crippen LogP contribution in [0.25, 0.3) is 10.9 Å². The van der Waals surface area contributed by atoms with Gasteiger partial charge in [0.05, 0.1) is 17.6 Å². The minimum atomic E-state index is 0.0999. The molecule has 1 aromatic heterocycles. The van der Waals surface area contributed by atoms with E-state index in [0.29, 0.717) is 6.04 Å². The lowest BCUT2D eigenvalue weighted by Crippen LogP contribution is -2.57. The van der Waals surface area contributed by atoms with Crippen LogP contribution in [0.15, 0.2) is 24.4 Å². The normalized spacial score (nSPS) is 20.9. The largest absolute Gasteiger partial charge is 0.381 e. The fourth-order valence-corrected chi connectivity index (χ4v) is 3.29. The van der Waals surface area contributed by atoms with Gasteiger partial charge in [0.1, 0.15) is 0 Å². The van der Waals surface area contributed by atoms with Gasteiger partial charge in [-0.15, -0.1) is 0 Å². The molecule has 22 heavy (non-hydrogen) atoms. The number of rotatable bonds is 3. The summed E-state index contributed by atoms with van der Waals surface area (Å²) in [4.78, 5) is 14.7. The number of carbonyl (C=O) groups is 1. The van der Waals surface area contributed by atoms with E-state index in [1.165, 1.54) is 0 Å². The van der Waals surface area contributed by atoms with E-state index in [0.717, 1.165) is 55.7 Å². The fourth-order valence-electron chi connectivity index (χ4n) is 3.29. The van der Waals surface area contributed by atoms with E-state index < -0.39 is 0 Å². The van der Waals surface area contributed by atoms with Gasteiger partial charge in [0.2, 0.25) is 5.91 Å². The molecule has 6 heteroatoms. The summed E-state index contributed by atoms with van der Waals surface area (Å²) >= 11 is 0.